The minimum Gasteiger partial charge on any atom is -0.386 e. The molecule has 0 heterocycles. The van der Waals surface area contributed by atoms with Gasteiger partial charge in [0.2, 0.25) is 0 Å². The van der Waals surface area contributed by atoms with Crippen LogP contribution in [0.2, 0.25) is 0 Å². The molecule has 1 unspecified atom stereocenters. The molecule has 0 aromatic rings. The molecular formula is C7H10BrNO. The van der Waals surface area contributed by atoms with Crippen molar-refractivity contribution in [3.8, 4) is 0 Å². The van der Waals surface area contributed by atoms with E-state index >= 15 is 0 Å². The van der Waals surface area contributed by atoms with E-state index in [9.17, 15) is 0 Å². The molecule has 0 saturated carbocycles. The standard InChI is InChI=1S/C7H10BrNO/c1-3-4-6(9-2)7(10)5-8/h3-4,7,10H,1-2,5H2/b6-4-. The smallest absolute Gasteiger partial charge is 0.106 e. The molecule has 0 aliphatic heterocycles. The van der Waals surface area contributed by atoms with E-state index in [4.69, 9.17) is 5.11 Å². The number of halogens is 1. The Morgan fingerprint density at radius 1 is 1.80 bits per heavy atom. The van der Waals surface area contributed by atoms with Crippen LogP contribution in [0.3, 0.4) is 0 Å². The minimum atomic E-state index is -0.588. The lowest BCUT2D eigenvalue weighted by Crippen LogP contribution is -2.09. The molecule has 56 valence electrons. The van der Waals surface area contributed by atoms with Gasteiger partial charge in [0.15, 0.2) is 0 Å². The lowest BCUT2D eigenvalue weighted by molar-refractivity contribution is 0.236. The van der Waals surface area contributed by atoms with Crippen molar-refractivity contribution < 1.29 is 5.11 Å². The second kappa shape index (κ2) is 5.38. The van der Waals surface area contributed by atoms with Crippen LogP contribution in [0.5, 0.6) is 0 Å². The van der Waals surface area contributed by atoms with Gasteiger partial charge >= 0.3 is 0 Å². The molecule has 1 N–H and O–H groups in total. The van der Waals surface area contributed by atoms with Crippen LogP contribution >= 0.6 is 15.9 Å². The Balaban J connectivity index is 4.18. The summed E-state index contributed by atoms with van der Waals surface area (Å²) in [7, 11) is 0. The van der Waals surface area contributed by atoms with Crippen LogP contribution < -0.4 is 0 Å². The lowest BCUT2D eigenvalue weighted by atomic mass is 10.3. The van der Waals surface area contributed by atoms with Crippen LogP contribution in [-0.4, -0.2) is 23.3 Å². The van der Waals surface area contributed by atoms with Crippen molar-refractivity contribution in [2.75, 3.05) is 5.33 Å². The first-order chi connectivity index (χ1) is 4.76. The maximum absolute atomic E-state index is 9.15. The molecule has 0 fully saturated rings. The van der Waals surface area contributed by atoms with Gasteiger partial charge in [0.1, 0.15) is 6.10 Å². The predicted octanol–water partition coefficient (Wildman–Crippen LogP) is 1.51. The van der Waals surface area contributed by atoms with Gasteiger partial charge in [0.25, 0.3) is 0 Å². The highest BCUT2D eigenvalue weighted by Gasteiger charge is 2.04. The van der Waals surface area contributed by atoms with E-state index in [0.29, 0.717) is 11.0 Å². The Morgan fingerprint density at radius 3 is 2.70 bits per heavy atom. The van der Waals surface area contributed by atoms with Crippen LogP contribution in [0.25, 0.3) is 0 Å². The fourth-order valence-electron chi connectivity index (χ4n) is 0.469. The van der Waals surface area contributed by atoms with E-state index in [1.165, 1.54) is 0 Å². The quantitative estimate of drug-likeness (QED) is 0.420. The molecule has 0 aliphatic carbocycles. The molecule has 0 saturated heterocycles. The maximum Gasteiger partial charge on any atom is 0.106 e. The van der Waals surface area contributed by atoms with Crippen molar-refractivity contribution >= 4 is 22.6 Å². The molecule has 0 amide bonds. The number of hydrogen-bond donors (Lipinski definition) is 1. The molecule has 0 aromatic carbocycles. The number of aliphatic hydroxyl groups is 1. The normalized spacial score (nSPS) is 14.4. The van der Waals surface area contributed by atoms with Crippen LogP contribution in [-0.2, 0) is 0 Å². The molecule has 1 atom stereocenters. The highest BCUT2D eigenvalue weighted by molar-refractivity contribution is 9.09. The van der Waals surface area contributed by atoms with Crippen LogP contribution in [0.15, 0.2) is 29.4 Å². The summed E-state index contributed by atoms with van der Waals surface area (Å²) >= 11 is 3.11. The fourth-order valence-corrected chi connectivity index (χ4v) is 0.801. The Bertz CT molecular complexity index is 154. The number of hydrogen-bond acceptors (Lipinski definition) is 2. The average Bonchev–Trinajstić information content (AvgIpc) is 1.99. The lowest BCUT2D eigenvalue weighted by Gasteiger charge is -2.04. The molecule has 2 nitrogen and oxygen atoms in total. The van der Waals surface area contributed by atoms with Gasteiger partial charge < -0.3 is 5.11 Å². The molecule has 0 aromatic heterocycles. The summed E-state index contributed by atoms with van der Waals surface area (Å²) in [4.78, 5) is 3.61. The van der Waals surface area contributed by atoms with Crippen molar-refractivity contribution in [3.63, 3.8) is 0 Å². The Kier molecular flexibility index (Phi) is 5.16. The number of allylic oxidation sites excluding steroid dienone is 2. The maximum atomic E-state index is 9.15. The zero-order chi connectivity index (χ0) is 7.98. The van der Waals surface area contributed by atoms with Gasteiger partial charge in [-0.05, 0) is 12.8 Å². The highest BCUT2D eigenvalue weighted by Crippen LogP contribution is 2.05. The van der Waals surface area contributed by atoms with Gasteiger partial charge in [-0.1, -0.05) is 28.6 Å². The van der Waals surface area contributed by atoms with Crippen molar-refractivity contribution in [3.05, 3.63) is 24.4 Å². The third-order valence-electron chi connectivity index (χ3n) is 0.959. The Morgan fingerprint density at radius 2 is 2.40 bits per heavy atom. The largest absolute Gasteiger partial charge is 0.386 e. The summed E-state index contributed by atoms with van der Waals surface area (Å²) in [6.45, 7) is 6.78. The van der Waals surface area contributed by atoms with Gasteiger partial charge in [-0.15, -0.1) is 0 Å². The first kappa shape index (κ1) is 9.59. The van der Waals surface area contributed by atoms with Crippen LogP contribution in [0.1, 0.15) is 0 Å². The first-order valence-corrected chi connectivity index (χ1v) is 3.91. The van der Waals surface area contributed by atoms with E-state index in [2.05, 4.69) is 34.2 Å². The van der Waals surface area contributed by atoms with Crippen molar-refractivity contribution in [2.24, 2.45) is 4.99 Å². The molecule has 0 bridgehead atoms. The van der Waals surface area contributed by atoms with Crippen molar-refractivity contribution in [1.29, 1.82) is 0 Å². The van der Waals surface area contributed by atoms with Gasteiger partial charge in [-0.3, -0.25) is 4.99 Å². The summed E-state index contributed by atoms with van der Waals surface area (Å²) in [5.41, 5.74) is 0.534. The van der Waals surface area contributed by atoms with Gasteiger partial charge in [0.05, 0.1) is 5.70 Å². The zero-order valence-electron chi connectivity index (χ0n) is 5.63. The number of alkyl halides is 1. The zero-order valence-corrected chi connectivity index (χ0v) is 7.21. The number of aliphatic imine (C=N–C) groups is 1. The summed E-state index contributed by atoms with van der Waals surface area (Å²) in [6.07, 6.45) is 2.60. The topological polar surface area (TPSA) is 32.6 Å². The molecule has 0 radical (unpaired) electrons. The predicted molar refractivity (Wildman–Crippen MR) is 47.6 cm³/mol. The van der Waals surface area contributed by atoms with E-state index in [1.807, 2.05) is 0 Å². The number of nitrogens with zero attached hydrogens (tertiary/aromatic N) is 1. The number of rotatable bonds is 4. The monoisotopic (exact) mass is 203 g/mol. The first-order valence-electron chi connectivity index (χ1n) is 2.79. The molecular weight excluding hydrogens is 194 g/mol. The summed E-state index contributed by atoms with van der Waals surface area (Å²) < 4.78 is 0. The molecule has 0 aliphatic rings. The summed E-state index contributed by atoms with van der Waals surface area (Å²) in [5, 5.41) is 9.62. The number of aliphatic hydroxyl groups excluding tert-OH is 1. The third-order valence-corrected chi connectivity index (χ3v) is 1.57. The second-order valence-electron chi connectivity index (χ2n) is 1.66. The van der Waals surface area contributed by atoms with Crippen LogP contribution in [0, 0.1) is 0 Å². The van der Waals surface area contributed by atoms with Crippen LogP contribution in [0.4, 0.5) is 0 Å². The average molecular weight is 204 g/mol. The summed E-state index contributed by atoms with van der Waals surface area (Å²) in [6, 6.07) is 0. The Hall–Kier alpha value is -0.410. The molecule has 0 spiro atoms. The van der Waals surface area contributed by atoms with Gasteiger partial charge in [-0.25, -0.2) is 0 Å². The minimum absolute atomic E-state index is 0.464. The van der Waals surface area contributed by atoms with E-state index in [1.54, 1.807) is 12.2 Å². The molecule has 0 rings (SSSR count). The molecule has 3 heteroatoms. The SMILES string of the molecule is C=C/C=C(\N=C)C(O)CBr. The van der Waals surface area contributed by atoms with Gasteiger partial charge in [0, 0.05) is 5.33 Å². The van der Waals surface area contributed by atoms with E-state index in [-0.39, 0.29) is 0 Å². The third kappa shape index (κ3) is 2.94. The van der Waals surface area contributed by atoms with Crippen molar-refractivity contribution in [1.82, 2.24) is 0 Å². The second-order valence-corrected chi connectivity index (χ2v) is 2.30. The molecule has 10 heavy (non-hydrogen) atoms. The Labute approximate surface area is 69.1 Å². The fraction of sp³-hybridized carbons (Fsp3) is 0.286. The highest BCUT2D eigenvalue weighted by atomic mass is 79.9. The van der Waals surface area contributed by atoms with E-state index < -0.39 is 6.10 Å². The summed E-state index contributed by atoms with van der Waals surface area (Å²) in [5.74, 6) is 0. The van der Waals surface area contributed by atoms with E-state index in [0.717, 1.165) is 0 Å². The van der Waals surface area contributed by atoms with Crippen molar-refractivity contribution in [2.45, 2.75) is 6.10 Å². The van der Waals surface area contributed by atoms with Gasteiger partial charge in [-0.2, -0.15) is 0 Å².